The van der Waals surface area contributed by atoms with Gasteiger partial charge in [-0.3, -0.25) is 4.79 Å². The Morgan fingerprint density at radius 2 is 1.73 bits per heavy atom. The van der Waals surface area contributed by atoms with Crippen LogP contribution in [0.25, 0.3) is 0 Å². The number of hydrogen-bond donors (Lipinski definition) is 1. The second-order valence-electron chi connectivity index (χ2n) is 7.92. The first-order valence-electron chi connectivity index (χ1n) is 9.16. The number of carbonyl (C=O) groups is 1. The van der Waals surface area contributed by atoms with E-state index in [0.717, 1.165) is 30.9 Å². The standard InChI is InChI=1S/C22H28N2O2/c1-22(2,3)17-7-5-16(6-8-17)21(25)23-18-9-11-19(12-10-18)24-14-13-20(15-24)26-4/h5-12,20H,13-15H2,1-4H3,(H,23,25). The molecule has 4 nitrogen and oxygen atoms in total. The van der Waals surface area contributed by atoms with Gasteiger partial charge in [0.1, 0.15) is 0 Å². The van der Waals surface area contributed by atoms with Crippen LogP contribution in [0.3, 0.4) is 0 Å². The third kappa shape index (κ3) is 4.25. The normalized spacial score (nSPS) is 17.4. The highest BCUT2D eigenvalue weighted by atomic mass is 16.5. The third-order valence-corrected chi connectivity index (χ3v) is 4.98. The Hall–Kier alpha value is -2.33. The van der Waals surface area contributed by atoms with Crippen molar-refractivity contribution in [2.24, 2.45) is 0 Å². The first-order valence-corrected chi connectivity index (χ1v) is 9.16. The van der Waals surface area contributed by atoms with E-state index in [-0.39, 0.29) is 11.3 Å². The van der Waals surface area contributed by atoms with Crippen LogP contribution in [-0.4, -0.2) is 32.2 Å². The van der Waals surface area contributed by atoms with Crippen LogP contribution < -0.4 is 10.2 Å². The van der Waals surface area contributed by atoms with Gasteiger partial charge >= 0.3 is 0 Å². The largest absolute Gasteiger partial charge is 0.380 e. The molecule has 1 aliphatic heterocycles. The van der Waals surface area contributed by atoms with Crippen molar-refractivity contribution in [1.82, 2.24) is 0 Å². The minimum Gasteiger partial charge on any atom is -0.380 e. The van der Waals surface area contributed by atoms with E-state index in [9.17, 15) is 4.79 Å². The maximum absolute atomic E-state index is 12.5. The molecular weight excluding hydrogens is 324 g/mol. The number of rotatable bonds is 4. The van der Waals surface area contributed by atoms with E-state index in [4.69, 9.17) is 4.74 Å². The lowest BCUT2D eigenvalue weighted by atomic mass is 9.87. The molecule has 0 radical (unpaired) electrons. The smallest absolute Gasteiger partial charge is 0.255 e. The molecule has 3 rings (SSSR count). The molecule has 0 aliphatic carbocycles. The van der Waals surface area contributed by atoms with Crippen molar-refractivity contribution in [3.63, 3.8) is 0 Å². The fourth-order valence-electron chi connectivity index (χ4n) is 3.24. The van der Waals surface area contributed by atoms with Crippen molar-refractivity contribution in [2.45, 2.75) is 38.7 Å². The van der Waals surface area contributed by atoms with Gasteiger partial charge in [-0.05, 0) is 53.8 Å². The van der Waals surface area contributed by atoms with Crippen LogP contribution in [0.1, 0.15) is 43.1 Å². The number of amides is 1. The Labute approximate surface area is 156 Å². The zero-order chi connectivity index (χ0) is 18.7. The summed E-state index contributed by atoms with van der Waals surface area (Å²) in [5, 5.41) is 2.97. The van der Waals surface area contributed by atoms with Crippen LogP contribution in [0.4, 0.5) is 11.4 Å². The minimum absolute atomic E-state index is 0.0844. The lowest BCUT2D eigenvalue weighted by Gasteiger charge is -2.19. The number of anilines is 2. The summed E-state index contributed by atoms with van der Waals surface area (Å²) in [5.41, 5.74) is 3.95. The van der Waals surface area contributed by atoms with Crippen molar-refractivity contribution in [3.05, 3.63) is 59.7 Å². The lowest BCUT2D eigenvalue weighted by molar-refractivity contribution is 0.102. The Balaban J connectivity index is 1.63. The number of benzene rings is 2. The predicted octanol–water partition coefficient (Wildman–Crippen LogP) is 4.46. The molecule has 1 unspecified atom stereocenters. The van der Waals surface area contributed by atoms with Crippen LogP contribution in [-0.2, 0) is 10.2 Å². The highest BCUT2D eigenvalue weighted by Gasteiger charge is 2.22. The van der Waals surface area contributed by atoms with Gasteiger partial charge in [-0.15, -0.1) is 0 Å². The minimum atomic E-state index is -0.0844. The summed E-state index contributed by atoms with van der Waals surface area (Å²) >= 11 is 0. The predicted molar refractivity (Wildman–Crippen MR) is 107 cm³/mol. The molecule has 1 N–H and O–H groups in total. The summed E-state index contributed by atoms with van der Waals surface area (Å²) in [7, 11) is 1.76. The van der Waals surface area contributed by atoms with Crippen molar-refractivity contribution in [2.75, 3.05) is 30.4 Å². The Kier molecular flexibility index (Phi) is 5.33. The van der Waals surface area contributed by atoms with Gasteiger partial charge in [0.25, 0.3) is 5.91 Å². The van der Waals surface area contributed by atoms with E-state index < -0.39 is 0 Å². The fraction of sp³-hybridized carbons (Fsp3) is 0.409. The zero-order valence-corrected chi connectivity index (χ0v) is 16.1. The number of nitrogens with zero attached hydrogens (tertiary/aromatic N) is 1. The molecule has 1 heterocycles. The van der Waals surface area contributed by atoms with Gasteiger partial charge in [0, 0.05) is 37.1 Å². The number of carbonyl (C=O) groups excluding carboxylic acids is 1. The topological polar surface area (TPSA) is 41.6 Å². The van der Waals surface area contributed by atoms with Crippen molar-refractivity contribution < 1.29 is 9.53 Å². The average Bonchev–Trinajstić information content (AvgIpc) is 3.11. The number of ether oxygens (including phenoxy) is 1. The second kappa shape index (κ2) is 7.50. The molecule has 1 aliphatic rings. The molecule has 1 atom stereocenters. The quantitative estimate of drug-likeness (QED) is 0.883. The van der Waals surface area contributed by atoms with Gasteiger partial charge in [-0.1, -0.05) is 32.9 Å². The Morgan fingerprint density at radius 1 is 1.08 bits per heavy atom. The van der Waals surface area contributed by atoms with Gasteiger partial charge < -0.3 is 15.0 Å². The van der Waals surface area contributed by atoms with Crippen molar-refractivity contribution >= 4 is 17.3 Å². The molecular formula is C22H28N2O2. The first kappa shape index (κ1) is 18.5. The van der Waals surface area contributed by atoms with Gasteiger partial charge in [0.05, 0.1) is 6.10 Å². The van der Waals surface area contributed by atoms with E-state index in [2.05, 4.69) is 43.1 Å². The summed E-state index contributed by atoms with van der Waals surface area (Å²) < 4.78 is 5.42. The van der Waals surface area contributed by atoms with Crippen LogP contribution in [0, 0.1) is 0 Å². The molecule has 4 heteroatoms. The van der Waals surface area contributed by atoms with Gasteiger partial charge in [0.15, 0.2) is 0 Å². The van der Waals surface area contributed by atoms with E-state index in [1.165, 1.54) is 5.56 Å². The molecule has 0 aromatic heterocycles. The zero-order valence-electron chi connectivity index (χ0n) is 16.1. The monoisotopic (exact) mass is 352 g/mol. The molecule has 0 spiro atoms. The van der Waals surface area contributed by atoms with Crippen LogP contribution in [0.2, 0.25) is 0 Å². The summed E-state index contributed by atoms with van der Waals surface area (Å²) in [6.45, 7) is 8.42. The second-order valence-corrected chi connectivity index (χ2v) is 7.92. The average molecular weight is 352 g/mol. The summed E-state index contributed by atoms with van der Waals surface area (Å²) in [6.07, 6.45) is 1.37. The SMILES string of the molecule is COC1CCN(c2ccc(NC(=O)c3ccc(C(C)(C)C)cc3)cc2)C1. The first-order chi connectivity index (χ1) is 12.4. The highest BCUT2D eigenvalue weighted by Crippen LogP contribution is 2.24. The maximum Gasteiger partial charge on any atom is 0.255 e. The molecule has 1 amide bonds. The summed E-state index contributed by atoms with van der Waals surface area (Å²) in [6, 6.07) is 15.8. The van der Waals surface area contributed by atoms with E-state index in [1.54, 1.807) is 7.11 Å². The number of hydrogen-bond acceptors (Lipinski definition) is 3. The number of nitrogens with one attached hydrogen (secondary N) is 1. The highest BCUT2D eigenvalue weighted by molar-refractivity contribution is 6.04. The molecule has 2 aromatic carbocycles. The van der Waals surface area contributed by atoms with Crippen molar-refractivity contribution in [3.8, 4) is 0 Å². The van der Waals surface area contributed by atoms with Crippen molar-refractivity contribution in [1.29, 1.82) is 0 Å². The van der Waals surface area contributed by atoms with Gasteiger partial charge in [-0.2, -0.15) is 0 Å². The van der Waals surface area contributed by atoms with Crippen LogP contribution in [0.15, 0.2) is 48.5 Å². The Morgan fingerprint density at radius 3 is 2.27 bits per heavy atom. The van der Waals surface area contributed by atoms with E-state index >= 15 is 0 Å². The summed E-state index contributed by atoms with van der Waals surface area (Å²) in [4.78, 5) is 14.8. The molecule has 26 heavy (non-hydrogen) atoms. The maximum atomic E-state index is 12.5. The summed E-state index contributed by atoms with van der Waals surface area (Å²) in [5.74, 6) is -0.0844. The van der Waals surface area contributed by atoms with E-state index in [1.807, 2.05) is 36.4 Å². The lowest BCUT2D eigenvalue weighted by Crippen LogP contribution is -2.22. The number of methoxy groups -OCH3 is 1. The molecule has 1 saturated heterocycles. The molecule has 138 valence electrons. The van der Waals surface area contributed by atoms with E-state index in [0.29, 0.717) is 11.7 Å². The van der Waals surface area contributed by atoms with Crippen LogP contribution in [0.5, 0.6) is 0 Å². The molecule has 1 fully saturated rings. The van der Waals surface area contributed by atoms with Gasteiger partial charge in [-0.25, -0.2) is 0 Å². The third-order valence-electron chi connectivity index (χ3n) is 4.98. The molecule has 2 aromatic rings. The van der Waals surface area contributed by atoms with Crippen LogP contribution >= 0.6 is 0 Å². The fourth-order valence-corrected chi connectivity index (χ4v) is 3.24. The Bertz CT molecular complexity index is 745. The molecule has 0 saturated carbocycles. The van der Waals surface area contributed by atoms with Gasteiger partial charge in [0.2, 0.25) is 0 Å². The molecule has 0 bridgehead atoms.